The summed E-state index contributed by atoms with van der Waals surface area (Å²) >= 11 is 0. The van der Waals surface area contributed by atoms with Crippen LogP contribution in [0.4, 0.5) is 0 Å². The van der Waals surface area contributed by atoms with Crippen LogP contribution in [-0.2, 0) is 16.6 Å². The number of aryl methyl sites for hydroxylation is 1. The average molecular weight is 442 g/mol. The summed E-state index contributed by atoms with van der Waals surface area (Å²) in [5.74, 6) is -0.224. The van der Waals surface area contributed by atoms with Crippen LogP contribution in [0.3, 0.4) is 0 Å². The zero-order chi connectivity index (χ0) is 22.2. The lowest BCUT2D eigenvalue weighted by atomic mass is 10.1. The molecule has 0 unspecified atom stereocenters. The number of carbonyl (C=O) groups excluding carboxylic acids is 1. The smallest absolute Gasteiger partial charge is 0.253 e. The molecule has 8 nitrogen and oxygen atoms in total. The summed E-state index contributed by atoms with van der Waals surface area (Å²) in [7, 11) is -3.43. The first-order valence-corrected chi connectivity index (χ1v) is 11.9. The maximum atomic E-state index is 12.7. The number of nitrogens with one attached hydrogen (secondary N) is 1. The van der Waals surface area contributed by atoms with Gasteiger partial charge in [0, 0.05) is 31.1 Å². The molecule has 164 valence electrons. The number of carbonyl (C=O) groups is 1. The molecule has 0 radical (unpaired) electrons. The molecule has 9 heteroatoms. The van der Waals surface area contributed by atoms with Gasteiger partial charge in [0.2, 0.25) is 10.0 Å². The molecule has 3 aromatic rings. The fraction of sp³-hybridized carbons (Fsp3) is 0.409. The van der Waals surface area contributed by atoms with Gasteiger partial charge >= 0.3 is 0 Å². The molecule has 4 rings (SSSR count). The van der Waals surface area contributed by atoms with Crippen LogP contribution in [0.25, 0.3) is 11.0 Å². The molecular weight excluding hydrogens is 414 g/mol. The van der Waals surface area contributed by atoms with E-state index in [0.717, 1.165) is 29.4 Å². The Hall–Kier alpha value is -2.78. The fourth-order valence-corrected chi connectivity index (χ4v) is 5.32. The Labute approximate surface area is 182 Å². The molecule has 0 aliphatic carbocycles. The van der Waals surface area contributed by atoms with Gasteiger partial charge in [0.25, 0.3) is 5.91 Å². The molecule has 0 atom stereocenters. The largest absolute Gasteiger partial charge is 0.348 e. The number of rotatable bonds is 6. The summed E-state index contributed by atoms with van der Waals surface area (Å²) in [5, 5.41) is 8.07. The summed E-state index contributed by atoms with van der Waals surface area (Å²) in [5.41, 5.74) is 2.73. The molecule has 1 aromatic carbocycles. The first-order chi connectivity index (χ1) is 14.8. The second kappa shape index (κ2) is 8.39. The standard InChI is InChI=1S/C22H27N5O3S/c1-15(2)27-21-18(14-24-27)12-20(16(3)25-21)22(28)23-13-17-6-8-19(9-7-17)31(29,30)26-10-4-5-11-26/h6-9,12,14-15H,4-5,10-11,13H2,1-3H3,(H,23,28). The van der Waals surface area contributed by atoms with E-state index >= 15 is 0 Å². The Morgan fingerprint density at radius 1 is 1.16 bits per heavy atom. The van der Waals surface area contributed by atoms with Gasteiger partial charge in [0.1, 0.15) is 0 Å². The Bertz CT molecular complexity index is 1210. The van der Waals surface area contributed by atoms with Crippen molar-refractivity contribution in [2.75, 3.05) is 13.1 Å². The lowest BCUT2D eigenvalue weighted by Crippen LogP contribution is -2.28. The van der Waals surface area contributed by atoms with Gasteiger partial charge in [-0.25, -0.2) is 18.1 Å². The van der Waals surface area contributed by atoms with Gasteiger partial charge in [-0.15, -0.1) is 0 Å². The van der Waals surface area contributed by atoms with Gasteiger partial charge in [-0.1, -0.05) is 12.1 Å². The lowest BCUT2D eigenvalue weighted by Gasteiger charge is -2.15. The first-order valence-electron chi connectivity index (χ1n) is 10.5. The predicted octanol–water partition coefficient (Wildman–Crippen LogP) is 3.04. The van der Waals surface area contributed by atoms with Crippen LogP contribution < -0.4 is 5.32 Å². The maximum Gasteiger partial charge on any atom is 0.253 e. The van der Waals surface area contributed by atoms with Gasteiger partial charge < -0.3 is 5.32 Å². The van der Waals surface area contributed by atoms with Gasteiger partial charge in [-0.2, -0.15) is 9.40 Å². The molecule has 0 bridgehead atoms. The number of benzene rings is 1. The lowest BCUT2D eigenvalue weighted by molar-refractivity contribution is 0.0950. The third-order valence-corrected chi connectivity index (χ3v) is 7.49. The summed E-state index contributed by atoms with van der Waals surface area (Å²) in [6.45, 7) is 7.33. The number of fused-ring (bicyclic) bond motifs is 1. The van der Waals surface area contributed by atoms with Crippen LogP contribution in [-0.4, -0.2) is 46.5 Å². The third-order valence-electron chi connectivity index (χ3n) is 5.57. The molecule has 0 spiro atoms. The SMILES string of the molecule is Cc1nc2c(cnn2C(C)C)cc1C(=O)NCc1ccc(S(=O)(=O)N2CCCC2)cc1. The zero-order valence-electron chi connectivity index (χ0n) is 18.0. The van der Waals surface area contributed by atoms with Crippen LogP contribution >= 0.6 is 0 Å². The minimum Gasteiger partial charge on any atom is -0.348 e. The van der Waals surface area contributed by atoms with Crippen molar-refractivity contribution in [3.63, 3.8) is 0 Å². The van der Waals surface area contributed by atoms with E-state index in [2.05, 4.69) is 15.4 Å². The van der Waals surface area contributed by atoms with E-state index in [9.17, 15) is 13.2 Å². The van der Waals surface area contributed by atoms with Gasteiger partial charge in [-0.05, 0) is 57.4 Å². The van der Waals surface area contributed by atoms with Crippen LogP contribution in [0.2, 0.25) is 0 Å². The van der Waals surface area contributed by atoms with Gasteiger partial charge in [0.05, 0.1) is 22.3 Å². The third kappa shape index (κ3) is 4.20. The van der Waals surface area contributed by atoms with Gasteiger partial charge in [0.15, 0.2) is 5.65 Å². The van der Waals surface area contributed by atoms with Crippen molar-refractivity contribution < 1.29 is 13.2 Å². The van der Waals surface area contributed by atoms with Crippen LogP contribution in [0.15, 0.2) is 41.4 Å². The molecule has 1 amide bonds. The molecule has 1 aliphatic rings. The summed E-state index contributed by atoms with van der Waals surface area (Å²) in [6, 6.07) is 8.68. The van der Waals surface area contributed by atoms with E-state index < -0.39 is 10.0 Å². The number of nitrogens with zero attached hydrogens (tertiary/aromatic N) is 4. The second-order valence-corrected chi connectivity index (χ2v) is 10.1. The molecule has 1 aliphatic heterocycles. The van der Waals surface area contributed by atoms with E-state index in [1.54, 1.807) is 30.5 Å². The minimum atomic E-state index is -3.43. The second-order valence-electron chi connectivity index (χ2n) is 8.15. The summed E-state index contributed by atoms with van der Waals surface area (Å²) in [6.07, 6.45) is 3.53. The van der Waals surface area contributed by atoms with Crippen LogP contribution in [0.1, 0.15) is 54.3 Å². The molecule has 3 heterocycles. The highest BCUT2D eigenvalue weighted by Gasteiger charge is 2.26. The van der Waals surface area contributed by atoms with E-state index in [4.69, 9.17) is 0 Å². The topological polar surface area (TPSA) is 97.2 Å². The number of sulfonamides is 1. The predicted molar refractivity (Wildman–Crippen MR) is 118 cm³/mol. The molecule has 1 saturated heterocycles. The molecule has 2 aromatic heterocycles. The number of hydrogen-bond acceptors (Lipinski definition) is 5. The number of hydrogen-bond donors (Lipinski definition) is 1. The van der Waals surface area contributed by atoms with E-state index in [0.29, 0.717) is 30.9 Å². The quantitative estimate of drug-likeness (QED) is 0.634. The zero-order valence-corrected chi connectivity index (χ0v) is 18.8. The summed E-state index contributed by atoms with van der Waals surface area (Å²) < 4.78 is 28.6. The number of aromatic nitrogens is 3. The molecule has 1 N–H and O–H groups in total. The Kier molecular flexibility index (Phi) is 5.81. The monoisotopic (exact) mass is 441 g/mol. The molecular formula is C22H27N5O3S. The Morgan fingerprint density at radius 3 is 2.48 bits per heavy atom. The average Bonchev–Trinajstić information content (AvgIpc) is 3.42. The van der Waals surface area contributed by atoms with Crippen molar-refractivity contribution in [3.05, 3.63) is 53.3 Å². The van der Waals surface area contributed by atoms with Gasteiger partial charge in [-0.3, -0.25) is 4.79 Å². The van der Waals surface area contributed by atoms with Crippen LogP contribution in [0.5, 0.6) is 0 Å². The minimum absolute atomic E-state index is 0.182. The number of pyridine rings is 1. The van der Waals surface area contributed by atoms with Crippen molar-refractivity contribution in [2.24, 2.45) is 0 Å². The number of amides is 1. The van der Waals surface area contributed by atoms with E-state index in [1.165, 1.54) is 4.31 Å². The van der Waals surface area contributed by atoms with Crippen molar-refractivity contribution in [3.8, 4) is 0 Å². The normalized spacial score (nSPS) is 15.1. The highest BCUT2D eigenvalue weighted by molar-refractivity contribution is 7.89. The Balaban J connectivity index is 1.46. The molecule has 1 fully saturated rings. The summed E-state index contributed by atoms with van der Waals surface area (Å²) in [4.78, 5) is 17.6. The van der Waals surface area contributed by atoms with Crippen LogP contribution in [0, 0.1) is 6.92 Å². The highest BCUT2D eigenvalue weighted by Crippen LogP contribution is 2.22. The molecule has 31 heavy (non-hydrogen) atoms. The molecule has 0 saturated carbocycles. The van der Waals surface area contributed by atoms with Crippen molar-refractivity contribution >= 4 is 27.0 Å². The van der Waals surface area contributed by atoms with Crippen molar-refractivity contribution in [1.82, 2.24) is 24.4 Å². The fourth-order valence-electron chi connectivity index (χ4n) is 3.81. The van der Waals surface area contributed by atoms with Crippen molar-refractivity contribution in [2.45, 2.75) is 51.1 Å². The van der Waals surface area contributed by atoms with Crippen molar-refractivity contribution in [1.29, 1.82) is 0 Å². The highest BCUT2D eigenvalue weighted by atomic mass is 32.2. The van der Waals surface area contributed by atoms with E-state index in [1.807, 2.05) is 31.5 Å². The maximum absolute atomic E-state index is 12.7. The first kappa shape index (κ1) is 21.5. The Morgan fingerprint density at radius 2 is 1.84 bits per heavy atom. The van der Waals surface area contributed by atoms with E-state index in [-0.39, 0.29) is 16.8 Å².